The van der Waals surface area contributed by atoms with Crippen molar-refractivity contribution < 1.29 is 14.3 Å². The van der Waals surface area contributed by atoms with E-state index in [1.807, 2.05) is 36.4 Å². The molecule has 2 aromatic rings. The summed E-state index contributed by atoms with van der Waals surface area (Å²) in [5.74, 6) is 1.94. The minimum atomic E-state index is -0.108. The summed E-state index contributed by atoms with van der Waals surface area (Å²) in [6.07, 6.45) is 0.676. The molecular formula is C22H26N2O3. The fourth-order valence-corrected chi connectivity index (χ4v) is 3.43. The summed E-state index contributed by atoms with van der Waals surface area (Å²) in [6.45, 7) is 5.83. The second kappa shape index (κ2) is 7.82. The third-order valence-corrected chi connectivity index (χ3v) is 4.92. The number of carbonyl (C=O) groups excluding carboxylic acids is 1. The highest BCUT2D eigenvalue weighted by Crippen LogP contribution is 2.36. The lowest BCUT2D eigenvalue weighted by atomic mass is 9.93. The molecule has 0 spiro atoms. The molecule has 0 fully saturated rings. The molecule has 0 saturated carbocycles. The smallest absolute Gasteiger partial charge is 0.240 e. The maximum absolute atomic E-state index is 12.2. The number of nitrogens with zero attached hydrogens (tertiary/aromatic N) is 2. The fraction of sp³-hybridized carbons (Fsp3) is 0.364. The lowest BCUT2D eigenvalue weighted by Crippen LogP contribution is -2.24. The summed E-state index contributed by atoms with van der Waals surface area (Å²) in [5.41, 5.74) is 4.11. The summed E-state index contributed by atoms with van der Waals surface area (Å²) in [5, 5.41) is 6.21. The minimum Gasteiger partial charge on any atom is -0.497 e. The predicted octanol–water partition coefficient (Wildman–Crippen LogP) is 4.52. The fourth-order valence-electron chi connectivity index (χ4n) is 3.43. The van der Waals surface area contributed by atoms with Gasteiger partial charge in [0.15, 0.2) is 0 Å². The Morgan fingerprint density at radius 3 is 2.37 bits per heavy atom. The van der Waals surface area contributed by atoms with Crippen LogP contribution in [0.3, 0.4) is 0 Å². The molecule has 0 aromatic heterocycles. The Hall–Kier alpha value is -2.82. The van der Waals surface area contributed by atoms with E-state index < -0.39 is 0 Å². The molecule has 1 amide bonds. The molecule has 142 valence electrons. The van der Waals surface area contributed by atoms with E-state index in [-0.39, 0.29) is 11.9 Å². The van der Waals surface area contributed by atoms with Gasteiger partial charge >= 0.3 is 0 Å². The van der Waals surface area contributed by atoms with Crippen molar-refractivity contribution in [3.05, 3.63) is 59.2 Å². The largest absolute Gasteiger partial charge is 0.497 e. The van der Waals surface area contributed by atoms with Crippen LogP contribution in [0.2, 0.25) is 0 Å². The van der Waals surface area contributed by atoms with Gasteiger partial charge in [0.25, 0.3) is 0 Å². The van der Waals surface area contributed by atoms with E-state index >= 15 is 0 Å². The Kier molecular flexibility index (Phi) is 5.49. The van der Waals surface area contributed by atoms with E-state index in [0.717, 1.165) is 33.9 Å². The highest BCUT2D eigenvalue weighted by atomic mass is 16.5. The monoisotopic (exact) mass is 366 g/mol. The van der Waals surface area contributed by atoms with Crippen LogP contribution < -0.4 is 9.47 Å². The van der Waals surface area contributed by atoms with Crippen LogP contribution in [0, 0.1) is 0 Å². The number of hydrazone groups is 1. The van der Waals surface area contributed by atoms with Gasteiger partial charge in [0.05, 0.1) is 26.0 Å². The van der Waals surface area contributed by atoms with E-state index in [1.165, 1.54) is 0 Å². The first-order valence-electron chi connectivity index (χ1n) is 9.14. The predicted molar refractivity (Wildman–Crippen MR) is 106 cm³/mol. The van der Waals surface area contributed by atoms with E-state index in [1.54, 1.807) is 26.2 Å². The van der Waals surface area contributed by atoms with Crippen LogP contribution in [-0.4, -0.2) is 30.8 Å². The molecule has 2 aromatic carbocycles. The van der Waals surface area contributed by atoms with Gasteiger partial charge in [0.2, 0.25) is 5.91 Å². The zero-order valence-corrected chi connectivity index (χ0v) is 16.5. The average Bonchev–Trinajstić information content (AvgIpc) is 3.13. The zero-order chi connectivity index (χ0) is 19.6. The summed E-state index contributed by atoms with van der Waals surface area (Å²) in [7, 11) is 3.33. The second-order valence-electron chi connectivity index (χ2n) is 7.01. The molecule has 27 heavy (non-hydrogen) atoms. The summed E-state index contributed by atoms with van der Waals surface area (Å²) >= 11 is 0. The van der Waals surface area contributed by atoms with Gasteiger partial charge in [-0.15, -0.1) is 0 Å². The van der Waals surface area contributed by atoms with E-state index in [9.17, 15) is 4.79 Å². The topological polar surface area (TPSA) is 51.1 Å². The SMILES string of the molecule is COc1ccc(C2=NN(C(C)=O)C(c3ccc(OC)c(C(C)C)c3)C2)cc1. The zero-order valence-electron chi connectivity index (χ0n) is 16.5. The molecule has 0 bridgehead atoms. The van der Waals surface area contributed by atoms with Crippen LogP contribution in [0.5, 0.6) is 11.5 Å². The Labute approximate surface area is 160 Å². The van der Waals surface area contributed by atoms with Crippen molar-refractivity contribution in [3.8, 4) is 11.5 Å². The highest BCUT2D eigenvalue weighted by molar-refractivity contribution is 6.03. The summed E-state index contributed by atoms with van der Waals surface area (Å²) < 4.78 is 10.7. The van der Waals surface area contributed by atoms with Gasteiger partial charge in [-0.25, -0.2) is 5.01 Å². The summed E-state index contributed by atoms with van der Waals surface area (Å²) in [6, 6.07) is 13.8. The normalized spacial score (nSPS) is 16.4. The first-order chi connectivity index (χ1) is 12.9. The lowest BCUT2D eigenvalue weighted by Gasteiger charge is -2.22. The van der Waals surface area contributed by atoms with Crippen LogP contribution in [0.1, 0.15) is 55.8 Å². The van der Waals surface area contributed by atoms with Crippen molar-refractivity contribution in [2.75, 3.05) is 14.2 Å². The van der Waals surface area contributed by atoms with Crippen LogP contribution in [0.25, 0.3) is 0 Å². The summed E-state index contributed by atoms with van der Waals surface area (Å²) in [4.78, 5) is 12.2. The Balaban J connectivity index is 1.94. The number of methoxy groups -OCH3 is 2. The number of hydrogen-bond donors (Lipinski definition) is 0. The Bertz CT molecular complexity index is 856. The van der Waals surface area contributed by atoms with Gasteiger partial charge in [-0.3, -0.25) is 4.79 Å². The van der Waals surface area contributed by atoms with Crippen molar-refractivity contribution in [2.45, 2.75) is 39.2 Å². The standard InChI is InChI=1S/C22H26N2O3/c1-14(2)19-12-17(8-11-22(19)27-5)21-13-20(23-24(21)15(3)25)16-6-9-18(26-4)10-7-16/h6-12,14,21H,13H2,1-5H3. The van der Waals surface area contributed by atoms with Crippen LogP contribution in [0.4, 0.5) is 0 Å². The quantitative estimate of drug-likeness (QED) is 0.781. The van der Waals surface area contributed by atoms with Crippen molar-refractivity contribution in [2.24, 2.45) is 5.10 Å². The molecule has 5 nitrogen and oxygen atoms in total. The van der Waals surface area contributed by atoms with Crippen LogP contribution in [-0.2, 0) is 4.79 Å². The maximum atomic E-state index is 12.2. The van der Waals surface area contributed by atoms with Gasteiger partial charge in [0, 0.05) is 13.3 Å². The highest BCUT2D eigenvalue weighted by Gasteiger charge is 2.32. The number of carbonyl (C=O) groups is 1. The molecule has 1 atom stereocenters. The number of hydrogen-bond acceptors (Lipinski definition) is 4. The van der Waals surface area contributed by atoms with Crippen molar-refractivity contribution in [1.82, 2.24) is 5.01 Å². The number of amides is 1. The van der Waals surface area contributed by atoms with Gasteiger partial charge in [0.1, 0.15) is 11.5 Å². The van der Waals surface area contributed by atoms with Crippen molar-refractivity contribution in [1.29, 1.82) is 0 Å². The number of benzene rings is 2. The second-order valence-corrected chi connectivity index (χ2v) is 7.01. The number of rotatable bonds is 5. The van der Waals surface area contributed by atoms with Crippen LogP contribution in [0.15, 0.2) is 47.6 Å². The molecule has 1 aliphatic heterocycles. The third-order valence-electron chi connectivity index (χ3n) is 4.92. The first-order valence-corrected chi connectivity index (χ1v) is 9.14. The molecule has 0 saturated heterocycles. The van der Waals surface area contributed by atoms with E-state index in [4.69, 9.17) is 9.47 Å². The molecule has 0 aliphatic carbocycles. The first kappa shape index (κ1) is 19.0. The molecule has 1 heterocycles. The molecule has 1 unspecified atom stereocenters. The lowest BCUT2D eigenvalue weighted by molar-refractivity contribution is -0.130. The molecule has 0 N–H and O–H groups in total. The van der Waals surface area contributed by atoms with Crippen molar-refractivity contribution >= 4 is 11.6 Å². The molecule has 0 radical (unpaired) electrons. The van der Waals surface area contributed by atoms with Gasteiger partial charge < -0.3 is 9.47 Å². The average molecular weight is 366 g/mol. The number of ether oxygens (including phenoxy) is 2. The van der Waals surface area contributed by atoms with Gasteiger partial charge in [-0.05, 0) is 59.0 Å². The van der Waals surface area contributed by atoms with Crippen LogP contribution >= 0.6 is 0 Å². The van der Waals surface area contributed by atoms with Crippen molar-refractivity contribution in [3.63, 3.8) is 0 Å². The molecule has 3 rings (SSSR count). The molecule has 5 heteroatoms. The third kappa shape index (κ3) is 3.82. The van der Waals surface area contributed by atoms with Gasteiger partial charge in [-0.1, -0.05) is 19.9 Å². The Morgan fingerprint density at radius 1 is 1.11 bits per heavy atom. The molecular weight excluding hydrogens is 340 g/mol. The van der Waals surface area contributed by atoms with E-state index in [0.29, 0.717) is 12.3 Å². The van der Waals surface area contributed by atoms with Gasteiger partial charge in [-0.2, -0.15) is 5.10 Å². The Morgan fingerprint density at radius 2 is 1.81 bits per heavy atom. The molecule has 1 aliphatic rings. The maximum Gasteiger partial charge on any atom is 0.240 e. The van der Waals surface area contributed by atoms with E-state index in [2.05, 4.69) is 25.0 Å². The minimum absolute atomic E-state index is 0.0644.